The predicted molar refractivity (Wildman–Crippen MR) is 102 cm³/mol. The average Bonchev–Trinajstić information content (AvgIpc) is 3.28. The number of sulfone groups is 1. The maximum absolute atomic E-state index is 12.9. The molecule has 0 spiro atoms. The highest BCUT2D eigenvalue weighted by Gasteiger charge is 2.17. The van der Waals surface area contributed by atoms with Crippen LogP contribution in [0.15, 0.2) is 59.9 Å². The summed E-state index contributed by atoms with van der Waals surface area (Å²) < 4.78 is 24.7. The van der Waals surface area contributed by atoms with Gasteiger partial charge in [0.2, 0.25) is 15.0 Å². The van der Waals surface area contributed by atoms with Gasteiger partial charge in [0, 0.05) is 23.4 Å². The van der Waals surface area contributed by atoms with Gasteiger partial charge in [0.15, 0.2) is 5.82 Å². The number of benzene rings is 2. The molecule has 0 bridgehead atoms. The highest BCUT2D eigenvalue weighted by molar-refractivity contribution is 7.90. The standard InChI is InChI=1S/C18H13ClN4O3S/c1-27(25,26)18-20-16(21-22-18)12-7-6-11-8-9-23(15(11)10-12)17(24)13-4-2-3-5-14(13)19/h2-10H,1H3,(H,20,21,22). The summed E-state index contributed by atoms with van der Waals surface area (Å²) in [6.45, 7) is 0. The Balaban J connectivity index is 1.81. The first-order chi connectivity index (χ1) is 12.8. The van der Waals surface area contributed by atoms with Gasteiger partial charge in [-0.1, -0.05) is 35.9 Å². The summed E-state index contributed by atoms with van der Waals surface area (Å²) in [4.78, 5) is 16.9. The summed E-state index contributed by atoms with van der Waals surface area (Å²) in [6, 6.07) is 14.0. The Hall–Kier alpha value is -2.97. The number of rotatable bonds is 3. The van der Waals surface area contributed by atoms with Crippen LogP contribution in [0, 0.1) is 0 Å². The minimum absolute atomic E-state index is 0.208. The second-order valence-electron chi connectivity index (χ2n) is 5.98. The van der Waals surface area contributed by atoms with Gasteiger partial charge in [-0.2, -0.15) is 10.1 Å². The molecule has 0 amide bonds. The zero-order valence-electron chi connectivity index (χ0n) is 14.0. The lowest BCUT2D eigenvalue weighted by Gasteiger charge is -2.06. The van der Waals surface area contributed by atoms with Crippen LogP contribution >= 0.6 is 11.6 Å². The molecule has 4 aromatic rings. The molecule has 2 aromatic carbocycles. The van der Waals surface area contributed by atoms with E-state index in [2.05, 4.69) is 15.2 Å². The third-order valence-corrected chi connectivity index (χ3v) is 5.31. The van der Waals surface area contributed by atoms with Gasteiger partial charge in [-0.05, 0) is 24.3 Å². The van der Waals surface area contributed by atoms with Crippen molar-refractivity contribution < 1.29 is 13.2 Å². The molecule has 0 unspecified atom stereocenters. The van der Waals surface area contributed by atoms with E-state index >= 15 is 0 Å². The van der Waals surface area contributed by atoms with Gasteiger partial charge in [-0.3, -0.25) is 9.36 Å². The average molecular weight is 401 g/mol. The zero-order valence-corrected chi connectivity index (χ0v) is 15.6. The second kappa shape index (κ2) is 6.33. The lowest BCUT2D eigenvalue weighted by Crippen LogP contribution is -2.11. The quantitative estimate of drug-likeness (QED) is 0.569. The molecule has 2 aromatic heterocycles. The minimum atomic E-state index is -3.49. The lowest BCUT2D eigenvalue weighted by molar-refractivity contribution is 0.0965. The number of aromatic nitrogens is 4. The highest BCUT2D eigenvalue weighted by atomic mass is 35.5. The van der Waals surface area contributed by atoms with Gasteiger partial charge in [-0.25, -0.2) is 13.5 Å². The summed E-state index contributed by atoms with van der Waals surface area (Å²) in [6.07, 6.45) is 2.72. The van der Waals surface area contributed by atoms with E-state index in [1.807, 2.05) is 12.1 Å². The smallest absolute Gasteiger partial charge is 0.263 e. The molecule has 7 nitrogen and oxygen atoms in total. The fourth-order valence-corrected chi connectivity index (χ4v) is 3.43. The van der Waals surface area contributed by atoms with Crippen molar-refractivity contribution in [3.63, 3.8) is 0 Å². The minimum Gasteiger partial charge on any atom is -0.283 e. The van der Waals surface area contributed by atoms with Gasteiger partial charge in [0.05, 0.1) is 16.1 Å². The predicted octanol–water partition coefficient (Wildman–Crippen LogP) is 3.17. The maximum atomic E-state index is 12.9. The van der Waals surface area contributed by atoms with Crippen LogP contribution in [-0.4, -0.2) is 40.3 Å². The molecule has 0 fully saturated rings. The Morgan fingerprint density at radius 3 is 2.63 bits per heavy atom. The summed E-state index contributed by atoms with van der Waals surface area (Å²) >= 11 is 6.14. The lowest BCUT2D eigenvalue weighted by atomic mass is 10.1. The molecular weight excluding hydrogens is 388 g/mol. The highest BCUT2D eigenvalue weighted by Crippen LogP contribution is 2.25. The number of carbonyl (C=O) groups is 1. The SMILES string of the molecule is CS(=O)(=O)c1nc(-c2ccc3ccn(C(=O)c4ccccc4Cl)c3c2)n[nH]1. The van der Waals surface area contributed by atoms with Crippen molar-refractivity contribution in [1.82, 2.24) is 19.7 Å². The molecule has 136 valence electrons. The van der Waals surface area contributed by atoms with E-state index in [4.69, 9.17) is 11.6 Å². The molecule has 0 saturated carbocycles. The van der Waals surface area contributed by atoms with Crippen LogP contribution in [0.2, 0.25) is 5.02 Å². The van der Waals surface area contributed by atoms with Crippen molar-refractivity contribution in [3.8, 4) is 11.4 Å². The van der Waals surface area contributed by atoms with Crippen molar-refractivity contribution in [2.75, 3.05) is 6.26 Å². The number of nitrogens with zero attached hydrogens (tertiary/aromatic N) is 3. The second-order valence-corrected chi connectivity index (χ2v) is 8.32. The molecule has 0 aliphatic carbocycles. The van der Waals surface area contributed by atoms with Crippen LogP contribution in [0.4, 0.5) is 0 Å². The van der Waals surface area contributed by atoms with Crippen molar-refractivity contribution in [1.29, 1.82) is 0 Å². The number of fused-ring (bicyclic) bond motifs is 1. The van der Waals surface area contributed by atoms with Gasteiger partial charge in [0.1, 0.15) is 0 Å². The largest absolute Gasteiger partial charge is 0.283 e. The fraction of sp³-hybridized carbons (Fsp3) is 0.0556. The van der Waals surface area contributed by atoms with E-state index in [0.717, 1.165) is 11.6 Å². The number of nitrogens with one attached hydrogen (secondary N) is 1. The molecule has 2 heterocycles. The van der Waals surface area contributed by atoms with Gasteiger partial charge >= 0.3 is 0 Å². The zero-order chi connectivity index (χ0) is 19.2. The summed E-state index contributed by atoms with van der Waals surface area (Å²) in [7, 11) is -3.49. The van der Waals surface area contributed by atoms with E-state index < -0.39 is 9.84 Å². The van der Waals surface area contributed by atoms with Gasteiger partial charge in [0.25, 0.3) is 5.91 Å². The van der Waals surface area contributed by atoms with Crippen LogP contribution in [-0.2, 0) is 9.84 Å². The number of carbonyl (C=O) groups excluding carboxylic acids is 1. The number of aromatic amines is 1. The molecule has 0 aliphatic heterocycles. The number of hydrogen-bond acceptors (Lipinski definition) is 5. The first kappa shape index (κ1) is 17.4. The van der Waals surface area contributed by atoms with Gasteiger partial charge < -0.3 is 0 Å². The van der Waals surface area contributed by atoms with Gasteiger partial charge in [-0.15, -0.1) is 0 Å². The molecule has 4 rings (SSSR count). The molecule has 0 atom stereocenters. The summed E-state index contributed by atoms with van der Waals surface area (Å²) in [5.74, 6) is -0.0326. The monoisotopic (exact) mass is 400 g/mol. The van der Waals surface area contributed by atoms with Crippen LogP contribution < -0.4 is 0 Å². The number of H-pyrrole nitrogens is 1. The van der Waals surface area contributed by atoms with Crippen molar-refractivity contribution in [2.45, 2.75) is 5.16 Å². The molecule has 27 heavy (non-hydrogen) atoms. The molecular formula is C18H13ClN4O3S. The van der Waals surface area contributed by atoms with Crippen molar-refractivity contribution >= 4 is 38.2 Å². The fourth-order valence-electron chi connectivity index (χ4n) is 2.75. The number of hydrogen-bond donors (Lipinski definition) is 1. The van der Waals surface area contributed by atoms with Crippen LogP contribution in [0.3, 0.4) is 0 Å². The molecule has 0 aliphatic rings. The summed E-state index contributed by atoms with van der Waals surface area (Å²) in [5, 5.41) is 7.38. The Bertz CT molecular complexity index is 1290. The van der Waals surface area contributed by atoms with Crippen molar-refractivity contribution in [3.05, 3.63) is 65.3 Å². The first-order valence-corrected chi connectivity index (χ1v) is 10.1. The molecule has 0 saturated heterocycles. The summed E-state index contributed by atoms with van der Waals surface area (Å²) in [5.41, 5.74) is 1.61. The third-order valence-electron chi connectivity index (χ3n) is 4.09. The van der Waals surface area contributed by atoms with E-state index in [1.54, 1.807) is 42.6 Å². The Morgan fingerprint density at radius 1 is 1.15 bits per heavy atom. The molecule has 0 radical (unpaired) electrons. The number of halogens is 1. The molecule has 9 heteroatoms. The Labute approximate surface area is 159 Å². The third kappa shape index (κ3) is 3.13. The Morgan fingerprint density at radius 2 is 1.93 bits per heavy atom. The maximum Gasteiger partial charge on any atom is 0.263 e. The Kier molecular flexibility index (Phi) is 4.09. The normalized spacial score (nSPS) is 11.8. The van der Waals surface area contributed by atoms with E-state index in [9.17, 15) is 13.2 Å². The van der Waals surface area contributed by atoms with E-state index in [-0.39, 0.29) is 16.9 Å². The molecule has 1 N–H and O–H groups in total. The van der Waals surface area contributed by atoms with Crippen LogP contribution in [0.1, 0.15) is 10.4 Å². The first-order valence-electron chi connectivity index (χ1n) is 7.88. The topological polar surface area (TPSA) is 97.7 Å². The van der Waals surface area contributed by atoms with E-state index in [1.165, 1.54) is 4.57 Å². The van der Waals surface area contributed by atoms with Crippen molar-refractivity contribution in [2.24, 2.45) is 0 Å². The van der Waals surface area contributed by atoms with E-state index in [0.29, 0.717) is 21.7 Å². The van der Waals surface area contributed by atoms with Crippen LogP contribution in [0.5, 0.6) is 0 Å². The van der Waals surface area contributed by atoms with Crippen LogP contribution in [0.25, 0.3) is 22.3 Å².